The summed E-state index contributed by atoms with van der Waals surface area (Å²) in [5, 5.41) is 16.7. The Balaban J connectivity index is 2.58. The lowest BCUT2D eigenvalue weighted by Gasteiger charge is -2.08. The lowest BCUT2D eigenvalue weighted by molar-refractivity contribution is 0.0685. The molecule has 2 rings (SSSR count). The maximum absolute atomic E-state index is 11.1. The van der Waals surface area contributed by atoms with Gasteiger partial charge in [-0.2, -0.15) is 0 Å². The van der Waals surface area contributed by atoms with Crippen molar-refractivity contribution in [3.05, 3.63) is 40.7 Å². The van der Waals surface area contributed by atoms with Crippen LogP contribution in [0, 0.1) is 13.8 Å². The first-order valence-electron chi connectivity index (χ1n) is 5.78. The zero-order valence-electron chi connectivity index (χ0n) is 11.0. The van der Waals surface area contributed by atoms with Crippen molar-refractivity contribution >= 4 is 5.97 Å². The quantitative estimate of drug-likeness (QED) is 0.906. The van der Waals surface area contributed by atoms with Crippen molar-refractivity contribution in [2.75, 3.05) is 7.11 Å². The molecule has 100 valence electrons. The summed E-state index contributed by atoms with van der Waals surface area (Å²) in [6.07, 6.45) is 0. The number of aryl methyl sites for hydroxylation is 2. The molecule has 6 heteroatoms. The fourth-order valence-corrected chi connectivity index (χ4v) is 2.01. The molecular formula is C13H15N3O3. The molecule has 0 fully saturated rings. The molecule has 0 aliphatic rings. The molecule has 1 aromatic heterocycles. The molecule has 0 spiro atoms. The van der Waals surface area contributed by atoms with Crippen LogP contribution in [0.4, 0.5) is 0 Å². The zero-order valence-corrected chi connectivity index (χ0v) is 11.0. The number of carbonyl (C=O) groups is 1. The van der Waals surface area contributed by atoms with E-state index >= 15 is 0 Å². The Morgan fingerprint density at radius 3 is 2.47 bits per heavy atom. The third-order valence-corrected chi connectivity index (χ3v) is 2.70. The Labute approximate surface area is 110 Å². The number of carboxylic acid groups (broad SMARTS) is 1. The molecule has 6 nitrogen and oxygen atoms in total. The summed E-state index contributed by atoms with van der Waals surface area (Å²) in [5.74, 6) is -1.11. The number of aromatic nitrogens is 3. The van der Waals surface area contributed by atoms with Crippen molar-refractivity contribution in [3.8, 4) is 5.69 Å². The lowest BCUT2D eigenvalue weighted by atomic mass is 10.1. The number of nitrogens with zero attached hydrogens (tertiary/aromatic N) is 3. The number of hydrogen-bond acceptors (Lipinski definition) is 4. The highest BCUT2D eigenvalue weighted by Gasteiger charge is 2.19. The standard InChI is InChI=1S/C13H15N3O3/c1-8-4-9(2)6-10(5-8)16-11(7-19-3)12(13(17)18)14-15-16/h4-6H,7H2,1-3H3,(H,17,18). The summed E-state index contributed by atoms with van der Waals surface area (Å²) >= 11 is 0. The monoisotopic (exact) mass is 261 g/mol. The first-order chi connectivity index (χ1) is 9.02. The third kappa shape index (κ3) is 2.63. The maximum Gasteiger partial charge on any atom is 0.358 e. The molecule has 0 aliphatic heterocycles. The number of ether oxygens (including phenoxy) is 1. The summed E-state index contributed by atoms with van der Waals surface area (Å²) < 4.78 is 6.54. The van der Waals surface area contributed by atoms with Gasteiger partial charge in [0.25, 0.3) is 0 Å². The topological polar surface area (TPSA) is 77.2 Å². The molecular weight excluding hydrogens is 246 g/mol. The highest BCUT2D eigenvalue weighted by atomic mass is 16.5. The maximum atomic E-state index is 11.1. The number of hydrogen-bond donors (Lipinski definition) is 1. The number of aromatic carboxylic acids is 1. The van der Waals surface area contributed by atoms with Gasteiger partial charge in [0, 0.05) is 7.11 Å². The third-order valence-electron chi connectivity index (χ3n) is 2.70. The summed E-state index contributed by atoms with van der Waals surface area (Å²) in [6.45, 7) is 4.09. The SMILES string of the molecule is COCc1c(C(=O)O)nnn1-c1cc(C)cc(C)c1. The van der Waals surface area contributed by atoms with Crippen molar-refractivity contribution in [1.29, 1.82) is 0 Å². The van der Waals surface area contributed by atoms with Crippen LogP contribution in [0.5, 0.6) is 0 Å². The van der Waals surface area contributed by atoms with E-state index in [0.29, 0.717) is 5.69 Å². The fraction of sp³-hybridized carbons (Fsp3) is 0.308. The van der Waals surface area contributed by atoms with Crippen molar-refractivity contribution in [1.82, 2.24) is 15.0 Å². The van der Waals surface area contributed by atoms with Gasteiger partial charge >= 0.3 is 5.97 Å². The van der Waals surface area contributed by atoms with E-state index in [9.17, 15) is 4.79 Å². The fourth-order valence-electron chi connectivity index (χ4n) is 2.01. The van der Waals surface area contributed by atoms with Crippen LogP contribution < -0.4 is 0 Å². The Morgan fingerprint density at radius 1 is 1.32 bits per heavy atom. The average Bonchev–Trinajstić information content (AvgIpc) is 2.72. The largest absolute Gasteiger partial charge is 0.476 e. The van der Waals surface area contributed by atoms with E-state index in [1.54, 1.807) is 0 Å². The normalized spacial score (nSPS) is 10.7. The van der Waals surface area contributed by atoms with E-state index in [1.807, 2.05) is 32.0 Å². The molecule has 0 aliphatic carbocycles. The highest BCUT2D eigenvalue weighted by Crippen LogP contribution is 2.17. The van der Waals surface area contributed by atoms with Gasteiger partial charge in [0.15, 0.2) is 5.69 Å². The summed E-state index contributed by atoms with van der Waals surface area (Å²) in [5.41, 5.74) is 3.28. The predicted octanol–water partition coefficient (Wildman–Crippen LogP) is 1.73. The van der Waals surface area contributed by atoms with Gasteiger partial charge in [-0.3, -0.25) is 0 Å². The average molecular weight is 261 g/mol. The van der Waals surface area contributed by atoms with Gasteiger partial charge in [-0.15, -0.1) is 5.10 Å². The first kappa shape index (κ1) is 13.2. The summed E-state index contributed by atoms with van der Waals surface area (Å²) in [6, 6.07) is 5.88. The number of carboxylic acids is 1. The van der Waals surface area contributed by atoms with E-state index in [4.69, 9.17) is 9.84 Å². The van der Waals surface area contributed by atoms with Crippen molar-refractivity contribution < 1.29 is 14.6 Å². The minimum absolute atomic E-state index is 0.0824. The minimum Gasteiger partial charge on any atom is -0.476 e. The highest BCUT2D eigenvalue weighted by molar-refractivity contribution is 5.86. The van der Waals surface area contributed by atoms with Gasteiger partial charge in [0.05, 0.1) is 12.3 Å². The van der Waals surface area contributed by atoms with E-state index < -0.39 is 5.97 Å². The van der Waals surface area contributed by atoms with Crippen LogP contribution in [-0.4, -0.2) is 33.2 Å². The van der Waals surface area contributed by atoms with Gasteiger partial charge in [0.2, 0.25) is 0 Å². The molecule has 19 heavy (non-hydrogen) atoms. The molecule has 1 N–H and O–H groups in total. The zero-order chi connectivity index (χ0) is 14.0. The Kier molecular flexibility index (Phi) is 3.62. The lowest BCUT2D eigenvalue weighted by Crippen LogP contribution is -2.08. The van der Waals surface area contributed by atoms with E-state index in [1.165, 1.54) is 11.8 Å². The van der Waals surface area contributed by atoms with Crippen LogP contribution in [0.3, 0.4) is 0 Å². The van der Waals surface area contributed by atoms with Gasteiger partial charge in [-0.1, -0.05) is 11.3 Å². The van der Waals surface area contributed by atoms with E-state index in [-0.39, 0.29) is 12.3 Å². The van der Waals surface area contributed by atoms with Gasteiger partial charge in [-0.25, -0.2) is 9.48 Å². The molecule has 0 atom stereocenters. The second-order valence-electron chi connectivity index (χ2n) is 4.38. The van der Waals surface area contributed by atoms with E-state index in [2.05, 4.69) is 10.3 Å². The number of rotatable bonds is 4. The van der Waals surface area contributed by atoms with Gasteiger partial charge in [0.1, 0.15) is 5.69 Å². The number of methoxy groups -OCH3 is 1. The van der Waals surface area contributed by atoms with Crippen LogP contribution >= 0.6 is 0 Å². The molecule has 0 unspecified atom stereocenters. The van der Waals surface area contributed by atoms with Crippen LogP contribution in [0.1, 0.15) is 27.3 Å². The van der Waals surface area contributed by atoms with Gasteiger partial charge < -0.3 is 9.84 Å². The van der Waals surface area contributed by atoms with Crippen molar-refractivity contribution in [2.45, 2.75) is 20.5 Å². The predicted molar refractivity (Wildman–Crippen MR) is 68.5 cm³/mol. The molecule has 0 radical (unpaired) electrons. The molecule has 0 saturated heterocycles. The van der Waals surface area contributed by atoms with Crippen LogP contribution in [0.15, 0.2) is 18.2 Å². The van der Waals surface area contributed by atoms with Crippen molar-refractivity contribution in [2.24, 2.45) is 0 Å². The molecule has 0 saturated carbocycles. The van der Waals surface area contributed by atoms with Crippen LogP contribution in [0.2, 0.25) is 0 Å². The minimum atomic E-state index is -1.11. The summed E-state index contributed by atoms with van der Waals surface area (Å²) in [7, 11) is 1.50. The van der Waals surface area contributed by atoms with Crippen LogP contribution in [-0.2, 0) is 11.3 Å². The molecule has 1 aromatic carbocycles. The number of benzene rings is 1. The molecule has 0 bridgehead atoms. The second kappa shape index (κ2) is 5.19. The molecule has 2 aromatic rings. The summed E-state index contributed by atoms with van der Waals surface area (Å²) in [4.78, 5) is 11.1. The van der Waals surface area contributed by atoms with Crippen LogP contribution in [0.25, 0.3) is 5.69 Å². The van der Waals surface area contributed by atoms with Gasteiger partial charge in [-0.05, 0) is 37.1 Å². The second-order valence-corrected chi connectivity index (χ2v) is 4.38. The first-order valence-corrected chi connectivity index (χ1v) is 5.78. The molecule has 0 amide bonds. The Hall–Kier alpha value is -2.21. The van der Waals surface area contributed by atoms with E-state index in [0.717, 1.165) is 16.8 Å². The Morgan fingerprint density at radius 2 is 1.95 bits per heavy atom. The molecule has 1 heterocycles. The smallest absolute Gasteiger partial charge is 0.358 e. The Bertz CT molecular complexity index is 599. The van der Waals surface area contributed by atoms with Crippen molar-refractivity contribution in [3.63, 3.8) is 0 Å².